The highest BCUT2D eigenvalue weighted by Crippen LogP contribution is 2.38. The molecular weight excluding hydrogens is 453 g/mol. The fraction of sp³-hybridized carbons (Fsp3) is 0.350. The third kappa shape index (κ3) is 4.74. The minimum atomic E-state index is -4.44. The molecule has 1 saturated heterocycles. The van der Waals surface area contributed by atoms with Crippen molar-refractivity contribution in [1.82, 2.24) is 9.79 Å². The molecule has 11 heteroatoms. The van der Waals surface area contributed by atoms with Gasteiger partial charge >= 0.3 is 6.18 Å². The standard InChI is InChI=1S/C20H21F3N2O4S2/c1-19(2)17(18(26)24-27)25(11-12-30-19)31(28,29)16-9-5-14(6-10-16)13-3-7-15(8-4-13)20(21,22)23/h3-10,17,27H,11-12H2,1-2H3,(H,24,26)/t17-/m0/s1. The number of nitrogens with zero attached hydrogens (tertiary/aromatic N) is 1. The van der Waals surface area contributed by atoms with Crippen molar-refractivity contribution in [1.29, 1.82) is 0 Å². The van der Waals surface area contributed by atoms with E-state index in [-0.39, 0.29) is 11.4 Å². The number of carbonyl (C=O) groups is 1. The third-order valence-corrected chi connectivity index (χ3v) is 8.33. The first-order valence-corrected chi connectivity index (χ1v) is 11.7. The van der Waals surface area contributed by atoms with Crippen molar-refractivity contribution in [3.8, 4) is 11.1 Å². The van der Waals surface area contributed by atoms with E-state index in [2.05, 4.69) is 0 Å². The van der Waals surface area contributed by atoms with Crippen LogP contribution in [0.15, 0.2) is 53.4 Å². The smallest absolute Gasteiger partial charge is 0.289 e. The highest BCUT2D eigenvalue weighted by atomic mass is 32.2. The number of hydroxylamine groups is 1. The molecule has 0 saturated carbocycles. The van der Waals surface area contributed by atoms with Gasteiger partial charge in [-0.05, 0) is 49.2 Å². The number of nitrogens with one attached hydrogen (secondary N) is 1. The summed E-state index contributed by atoms with van der Waals surface area (Å²) in [5.74, 6) is -0.340. The van der Waals surface area contributed by atoms with Crippen LogP contribution in [0.4, 0.5) is 13.2 Å². The Kier molecular flexibility index (Phi) is 6.43. The third-order valence-electron chi connectivity index (χ3n) is 5.10. The van der Waals surface area contributed by atoms with E-state index >= 15 is 0 Å². The highest BCUT2D eigenvalue weighted by Gasteiger charge is 2.48. The summed E-state index contributed by atoms with van der Waals surface area (Å²) in [6.07, 6.45) is -4.44. The Labute approximate surface area is 182 Å². The maximum Gasteiger partial charge on any atom is 0.416 e. The molecule has 0 aromatic heterocycles. The van der Waals surface area contributed by atoms with Gasteiger partial charge in [-0.2, -0.15) is 29.2 Å². The molecule has 1 amide bonds. The largest absolute Gasteiger partial charge is 0.416 e. The van der Waals surface area contributed by atoms with Crippen molar-refractivity contribution >= 4 is 27.7 Å². The van der Waals surface area contributed by atoms with E-state index in [1.165, 1.54) is 48.2 Å². The van der Waals surface area contributed by atoms with Gasteiger partial charge in [-0.3, -0.25) is 10.0 Å². The molecule has 2 aromatic rings. The Bertz CT molecular complexity index is 1050. The zero-order valence-corrected chi connectivity index (χ0v) is 18.3. The predicted octanol–water partition coefficient (Wildman–Crippen LogP) is 3.76. The van der Waals surface area contributed by atoms with Crippen LogP contribution < -0.4 is 5.48 Å². The van der Waals surface area contributed by atoms with Crippen LogP contribution >= 0.6 is 11.8 Å². The van der Waals surface area contributed by atoms with Gasteiger partial charge in [0.2, 0.25) is 10.0 Å². The summed E-state index contributed by atoms with van der Waals surface area (Å²) in [7, 11) is -4.06. The zero-order chi connectivity index (χ0) is 23.0. The molecule has 6 nitrogen and oxygen atoms in total. The normalized spacial score (nSPS) is 19.7. The predicted molar refractivity (Wildman–Crippen MR) is 111 cm³/mol. The van der Waals surface area contributed by atoms with Crippen molar-refractivity contribution in [3.05, 3.63) is 54.1 Å². The Morgan fingerprint density at radius 2 is 1.61 bits per heavy atom. The summed E-state index contributed by atoms with van der Waals surface area (Å²) < 4.78 is 65.0. The van der Waals surface area contributed by atoms with E-state index in [4.69, 9.17) is 5.21 Å². The van der Waals surface area contributed by atoms with Crippen LogP contribution in [0.25, 0.3) is 11.1 Å². The van der Waals surface area contributed by atoms with Gasteiger partial charge in [0.1, 0.15) is 6.04 Å². The van der Waals surface area contributed by atoms with E-state index in [1.54, 1.807) is 19.3 Å². The van der Waals surface area contributed by atoms with Crippen LogP contribution in [-0.2, 0) is 21.0 Å². The number of benzene rings is 2. The molecule has 31 heavy (non-hydrogen) atoms. The molecule has 0 bridgehead atoms. The lowest BCUT2D eigenvalue weighted by molar-refractivity contribution is -0.137. The van der Waals surface area contributed by atoms with E-state index < -0.39 is 38.5 Å². The molecule has 1 aliphatic heterocycles. The topological polar surface area (TPSA) is 86.7 Å². The average Bonchev–Trinajstić information content (AvgIpc) is 2.72. The molecule has 2 aromatic carbocycles. The van der Waals surface area contributed by atoms with Crippen LogP contribution in [0.3, 0.4) is 0 Å². The fourth-order valence-electron chi connectivity index (χ4n) is 3.53. The highest BCUT2D eigenvalue weighted by molar-refractivity contribution is 8.00. The second-order valence-electron chi connectivity index (χ2n) is 7.55. The molecule has 0 unspecified atom stereocenters. The van der Waals surface area contributed by atoms with Gasteiger partial charge in [-0.25, -0.2) is 13.9 Å². The van der Waals surface area contributed by atoms with Gasteiger partial charge < -0.3 is 0 Å². The van der Waals surface area contributed by atoms with Gasteiger partial charge in [-0.1, -0.05) is 24.3 Å². The maximum atomic E-state index is 13.2. The van der Waals surface area contributed by atoms with Crippen LogP contribution in [0.5, 0.6) is 0 Å². The second kappa shape index (κ2) is 8.45. The number of hydrogen-bond acceptors (Lipinski definition) is 5. The first-order valence-electron chi connectivity index (χ1n) is 9.25. The fourth-order valence-corrected chi connectivity index (χ4v) is 6.63. The Morgan fingerprint density at radius 1 is 1.10 bits per heavy atom. The molecule has 1 aliphatic rings. The summed E-state index contributed by atoms with van der Waals surface area (Å²) in [6, 6.07) is 9.15. The molecule has 1 heterocycles. The van der Waals surface area contributed by atoms with Crippen molar-refractivity contribution in [2.75, 3.05) is 12.3 Å². The van der Waals surface area contributed by atoms with E-state index in [0.717, 1.165) is 16.4 Å². The van der Waals surface area contributed by atoms with Crippen LogP contribution in [0, 0.1) is 0 Å². The van der Waals surface area contributed by atoms with Crippen molar-refractivity contribution in [2.24, 2.45) is 0 Å². The second-order valence-corrected chi connectivity index (χ2v) is 11.2. The van der Waals surface area contributed by atoms with Crippen molar-refractivity contribution in [3.63, 3.8) is 0 Å². The van der Waals surface area contributed by atoms with Crippen LogP contribution in [0.1, 0.15) is 19.4 Å². The molecule has 1 atom stereocenters. The summed E-state index contributed by atoms with van der Waals surface area (Å²) in [5.41, 5.74) is 1.83. The number of amides is 1. The lowest BCUT2D eigenvalue weighted by Gasteiger charge is -2.43. The minimum Gasteiger partial charge on any atom is -0.289 e. The number of sulfonamides is 1. The molecule has 3 rings (SSSR count). The molecular formula is C20H21F3N2O4S2. The quantitative estimate of drug-likeness (QED) is 0.521. The zero-order valence-electron chi connectivity index (χ0n) is 16.7. The average molecular weight is 475 g/mol. The number of thioether (sulfide) groups is 1. The van der Waals surface area contributed by atoms with Crippen molar-refractivity contribution in [2.45, 2.75) is 35.7 Å². The monoisotopic (exact) mass is 474 g/mol. The molecule has 168 valence electrons. The lowest BCUT2D eigenvalue weighted by Crippen LogP contribution is -2.61. The molecule has 2 N–H and O–H groups in total. The summed E-state index contributed by atoms with van der Waals surface area (Å²) >= 11 is 1.43. The Hall–Kier alpha value is -2.08. The SMILES string of the molecule is CC1(C)SCCN(S(=O)(=O)c2ccc(-c3ccc(C(F)(F)F)cc3)cc2)[C@H]1C(=O)NO. The van der Waals surface area contributed by atoms with E-state index in [0.29, 0.717) is 16.9 Å². The van der Waals surface area contributed by atoms with Gasteiger partial charge in [-0.15, -0.1) is 0 Å². The number of rotatable bonds is 4. The number of carbonyl (C=O) groups excluding carboxylic acids is 1. The number of hydrogen-bond donors (Lipinski definition) is 2. The number of halogens is 3. The van der Waals surface area contributed by atoms with E-state index in [9.17, 15) is 26.4 Å². The number of alkyl halides is 3. The Balaban J connectivity index is 1.91. The lowest BCUT2D eigenvalue weighted by atomic mass is 10.0. The summed E-state index contributed by atoms with van der Waals surface area (Å²) in [4.78, 5) is 12.2. The van der Waals surface area contributed by atoms with Crippen molar-refractivity contribution < 1.29 is 31.6 Å². The minimum absolute atomic E-state index is 0.0541. The first-order chi connectivity index (χ1) is 14.4. The molecule has 0 radical (unpaired) electrons. The molecule has 0 spiro atoms. The van der Waals surface area contributed by atoms with Gasteiger partial charge in [0.15, 0.2) is 0 Å². The summed E-state index contributed by atoms with van der Waals surface area (Å²) in [5, 5.41) is 9.10. The van der Waals surface area contributed by atoms with E-state index in [1.807, 2.05) is 0 Å². The maximum absolute atomic E-state index is 13.2. The van der Waals surface area contributed by atoms with Crippen LogP contribution in [0.2, 0.25) is 0 Å². The molecule has 0 aliphatic carbocycles. The van der Waals surface area contributed by atoms with Gasteiger partial charge in [0, 0.05) is 17.0 Å². The van der Waals surface area contributed by atoms with Gasteiger partial charge in [0.05, 0.1) is 10.5 Å². The van der Waals surface area contributed by atoms with Crippen LogP contribution in [-0.4, -0.2) is 46.9 Å². The summed E-state index contributed by atoms with van der Waals surface area (Å²) in [6.45, 7) is 3.55. The molecule has 1 fully saturated rings. The van der Waals surface area contributed by atoms with Gasteiger partial charge in [0.25, 0.3) is 5.91 Å². The first kappa shape index (κ1) is 23.6. The Morgan fingerprint density at radius 3 is 2.10 bits per heavy atom.